The third-order valence-electron chi connectivity index (χ3n) is 3.65. The largest absolute Gasteiger partial charge is 0.346 e. The van der Waals surface area contributed by atoms with Gasteiger partial charge >= 0.3 is 0 Å². The molecule has 3 heterocycles. The summed E-state index contributed by atoms with van der Waals surface area (Å²) < 4.78 is 14.0. The van der Waals surface area contributed by atoms with Crippen molar-refractivity contribution in [3.05, 3.63) is 46.6 Å². The molecule has 0 N–H and O–H groups in total. The van der Waals surface area contributed by atoms with Gasteiger partial charge in [-0.3, -0.25) is 0 Å². The van der Waals surface area contributed by atoms with Gasteiger partial charge in [-0.25, -0.2) is 9.44 Å². The summed E-state index contributed by atoms with van der Waals surface area (Å²) in [7, 11) is 0. The monoisotopic (exact) mass is 503 g/mol. The van der Waals surface area contributed by atoms with Gasteiger partial charge in [0.05, 0.1) is 19.6 Å². The first-order valence-corrected chi connectivity index (χ1v) is 11.9. The molecule has 0 spiro atoms. The molecule has 1 saturated heterocycles. The van der Waals surface area contributed by atoms with Crippen molar-refractivity contribution in [2.24, 2.45) is 0 Å². The number of rotatable bonds is 3. The van der Waals surface area contributed by atoms with Crippen molar-refractivity contribution in [1.82, 2.24) is 14.5 Å². The van der Waals surface area contributed by atoms with Gasteiger partial charge in [-0.2, -0.15) is 5.10 Å². The van der Waals surface area contributed by atoms with E-state index in [0.29, 0.717) is 19.6 Å². The molecule has 4 rings (SSSR count). The Morgan fingerprint density at radius 2 is 1.96 bits per heavy atom. The number of aromatic nitrogens is 3. The minimum atomic E-state index is -0.245. The Morgan fingerprint density at radius 3 is 2.65 bits per heavy atom. The van der Waals surface area contributed by atoms with Crippen LogP contribution in [-0.4, -0.2) is 27.7 Å². The summed E-state index contributed by atoms with van der Waals surface area (Å²) in [6, 6.07) is 10.3. The number of hydrogen-bond donors (Lipinski definition) is 0. The summed E-state index contributed by atoms with van der Waals surface area (Å²) in [4.78, 5) is 4.49. The molecular formula is C15H12BrIN3O2P. The number of pyridine rings is 1. The van der Waals surface area contributed by atoms with E-state index in [1.165, 1.54) is 0 Å². The van der Waals surface area contributed by atoms with Crippen LogP contribution in [0.5, 0.6) is 0 Å². The highest BCUT2D eigenvalue weighted by Crippen LogP contribution is 2.35. The van der Waals surface area contributed by atoms with Crippen LogP contribution in [0.3, 0.4) is 0 Å². The van der Waals surface area contributed by atoms with Crippen molar-refractivity contribution in [3.63, 3.8) is 0 Å². The van der Waals surface area contributed by atoms with Crippen molar-refractivity contribution in [2.45, 2.75) is 6.29 Å². The Morgan fingerprint density at radius 1 is 1.22 bits per heavy atom. The fraction of sp³-hybridized carbons (Fsp3) is 0.200. The topological polar surface area (TPSA) is 49.2 Å². The van der Waals surface area contributed by atoms with Gasteiger partial charge in [0, 0.05) is 27.2 Å². The van der Waals surface area contributed by atoms with Crippen LogP contribution in [0.25, 0.3) is 22.3 Å². The molecule has 1 aliphatic rings. The first kappa shape index (κ1) is 15.9. The maximum Gasteiger partial charge on any atom is 0.184 e. The normalized spacial score (nSPS) is 16.1. The average Bonchev–Trinajstić information content (AvgIpc) is 3.22. The average molecular weight is 504 g/mol. The maximum absolute atomic E-state index is 5.53. The Bertz CT molecular complexity index is 850. The Balaban J connectivity index is 1.77. The molecule has 0 bridgehead atoms. The van der Waals surface area contributed by atoms with E-state index in [0.717, 1.165) is 32.3 Å². The molecule has 0 radical (unpaired) electrons. The van der Waals surface area contributed by atoms with Gasteiger partial charge in [0.1, 0.15) is 5.69 Å². The standard InChI is InChI=1S/C15H12BrIN3O2P/c16-11-7-12-13(19-20(23-17)14(12)18-8-11)9-1-3-10(4-2-9)15-21-5-6-22-15/h1-4,7-8,15,23H,5-6H2. The number of hydrogen-bond acceptors (Lipinski definition) is 4. The van der Waals surface area contributed by atoms with Crippen LogP contribution in [0.4, 0.5) is 0 Å². The highest BCUT2D eigenvalue weighted by Gasteiger charge is 2.19. The fourth-order valence-corrected chi connectivity index (χ4v) is 4.33. The van der Waals surface area contributed by atoms with Crippen molar-refractivity contribution in [2.75, 3.05) is 13.2 Å². The number of halogens is 2. The van der Waals surface area contributed by atoms with E-state index in [2.05, 4.69) is 61.2 Å². The van der Waals surface area contributed by atoms with Crippen LogP contribution in [0.1, 0.15) is 11.9 Å². The van der Waals surface area contributed by atoms with Crippen LogP contribution in [0, 0.1) is 0 Å². The SMILES string of the molecule is Brc1cnc2c(c1)c(-c1ccc(C3OCCO3)cc1)nn2PI. The molecule has 0 saturated carbocycles. The zero-order valence-corrected chi connectivity index (χ0v) is 16.6. The van der Waals surface area contributed by atoms with Gasteiger partial charge in [0.15, 0.2) is 11.9 Å². The van der Waals surface area contributed by atoms with Crippen molar-refractivity contribution >= 4 is 55.4 Å². The number of benzene rings is 1. The second-order valence-corrected chi connectivity index (χ2v) is 8.02. The molecule has 5 nitrogen and oxygen atoms in total. The highest BCUT2D eigenvalue weighted by atomic mass is 127. The van der Waals surface area contributed by atoms with Gasteiger partial charge in [-0.1, -0.05) is 24.3 Å². The molecule has 1 aromatic carbocycles. The summed E-state index contributed by atoms with van der Waals surface area (Å²) >= 11 is 5.81. The van der Waals surface area contributed by atoms with E-state index in [4.69, 9.17) is 14.6 Å². The molecule has 1 atom stereocenters. The molecule has 0 amide bonds. The smallest absolute Gasteiger partial charge is 0.184 e. The summed E-state index contributed by atoms with van der Waals surface area (Å²) in [5.74, 6) is 0. The quantitative estimate of drug-likeness (QED) is 0.384. The highest BCUT2D eigenvalue weighted by molar-refractivity contribution is 14.2. The molecule has 0 aliphatic carbocycles. The minimum Gasteiger partial charge on any atom is -0.346 e. The van der Waals surface area contributed by atoms with Crippen LogP contribution >= 0.6 is 44.3 Å². The fourth-order valence-electron chi connectivity index (χ4n) is 2.60. The number of fused-ring (bicyclic) bond motifs is 1. The molecule has 1 unspecified atom stereocenters. The molecule has 3 aromatic rings. The first-order chi connectivity index (χ1) is 11.3. The lowest BCUT2D eigenvalue weighted by molar-refractivity contribution is -0.0441. The number of nitrogens with zero attached hydrogens (tertiary/aromatic N) is 3. The van der Waals surface area contributed by atoms with E-state index in [1.807, 2.05) is 16.6 Å². The van der Waals surface area contributed by atoms with Crippen LogP contribution < -0.4 is 0 Å². The Hall–Kier alpha value is -0.600. The van der Waals surface area contributed by atoms with Crippen LogP contribution in [-0.2, 0) is 9.47 Å². The molecule has 1 aliphatic heterocycles. The van der Waals surface area contributed by atoms with Gasteiger partial charge in [-0.05, 0) is 44.0 Å². The van der Waals surface area contributed by atoms with Gasteiger partial charge < -0.3 is 9.47 Å². The third kappa shape index (κ3) is 3.05. The summed E-state index contributed by atoms with van der Waals surface area (Å²) in [6.07, 6.45) is 2.07. The molecular weight excluding hydrogens is 492 g/mol. The molecule has 2 aromatic heterocycles. The minimum absolute atomic E-state index is 0.245. The lowest BCUT2D eigenvalue weighted by Gasteiger charge is -2.09. The van der Waals surface area contributed by atoms with Gasteiger partial charge in [0.25, 0.3) is 0 Å². The van der Waals surface area contributed by atoms with Crippen molar-refractivity contribution in [3.8, 4) is 11.3 Å². The molecule has 118 valence electrons. The van der Waals surface area contributed by atoms with E-state index in [-0.39, 0.29) is 6.29 Å². The second kappa shape index (κ2) is 6.72. The Labute approximate surface area is 156 Å². The molecule has 1 fully saturated rings. The van der Waals surface area contributed by atoms with E-state index >= 15 is 0 Å². The van der Waals surface area contributed by atoms with Gasteiger partial charge in [0.2, 0.25) is 0 Å². The van der Waals surface area contributed by atoms with E-state index in [9.17, 15) is 0 Å². The van der Waals surface area contributed by atoms with Gasteiger partial charge in [-0.15, -0.1) is 0 Å². The molecule has 8 heteroatoms. The van der Waals surface area contributed by atoms with Crippen LogP contribution in [0.15, 0.2) is 41.0 Å². The lowest BCUT2D eigenvalue weighted by Crippen LogP contribution is -1.97. The summed E-state index contributed by atoms with van der Waals surface area (Å²) in [5, 5.41) is 5.77. The first-order valence-electron chi connectivity index (χ1n) is 7.01. The predicted molar refractivity (Wildman–Crippen MR) is 103 cm³/mol. The Kier molecular flexibility index (Phi) is 4.65. The second-order valence-electron chi connectivity index (χ2n) is 5.07. The third-order valence-corrected chi connectivity index (χ3v) is 5.92. The number of ether oxygens (including phenoxy) is 2. The van der Waals surface area contributed by atoms with Crippen molar-refractivity contribution in [1.29, 1.82) is 0 Å². The molecule has 23 heavy (non-hydrogen) atoms. The zero-order valence-electron chi connectivity index (χ0n) is 11.9. The van der Waals surface area contributed by atoms with Crippen molar-refractivity contribution < 1.29 is 9.47 Å². The predicted octanol–water partition coefficient (Wildman–Crippen LogP) is 4.70. The van der Waals surface area contributed by atoms with E-state index < -0.39 is 0 Å². The summed E-state index contributed by atoms with van der Waals surface area (Å²) in [5.41, 5.74) is 3.94. The van der Waals surface area contributed by atoms with Crippen LogP contribution in [0.2, 0.25) is 0 Å². The van der Waals surface area contributed by atoms with E-state index in [1.54, 1.807) is 6.20 Å². The summed E-state index contributed by atoms with van der Waals surface area (Å²) in [6.45, 7) is 1.30. The zero-order chi connectivity index (χ0) is 15.8. The lowest BCUT2D eigenvalue weighted by atomic mass is 10.1. The maximum atomic E-state index is 5.53.